The first-order chi connectivity index (χ1) is 15.7. The zero-order chi connectivity index (χ0) is 24.2. The SMILES string of the molecule is CCOS(=O)(=O)[O-].COc1cc2c(cc1OC)N(C)/C(=C/c1ccc3ccccc3[n+]1C)S2. The monoisotopic (exact) mass is 490 g/mol. The standard InChI is InChI=1S/C21H21N2O2S.C2H6O4S/c1-22-15(10-9-14-7-5-6-8-16(14)22)11-21-23(2)17-12-18(24-3)19(25-4)13-20(17)26-21;1-2-6-7(3,4)5/h5-13H,1-4H3;2H2,1H3,(H,3,4,5)/q+1;/p-1. The highest BCUT2D eigenvalue weighted by Gasteiger charge is 2.26. The minimum Gasteiger partial charge on any atom is -0.726 e. The number of aromatic nitrogens is 1. The number of hydrogen-bond donors (Lipinski definition) is 0. The normalized spacial score (nSPS) is 14.1. The molecule has 0 bridgehead atoms. The molecule has 2 aromatic carbocycles. The number of anilines is 1. The van der Waals surface area contributed by atoms with Gasteiger partial charge in [0.15, 0.2) is 11.5 Å². The molecule has 176 valence electrons. The molecule has 0 unspecified atom stereocenters. The lowest BCUT2D eigenvalue weighted by atomic mass is 10.2. The molecule has 0 atom stereocenters. The second kappa shape index (κ2) is 10.4. The largest absolute Gasteiger partial charge is 0.726 e. The van der Waals surface area contributed by atoms with Gasteiger partial charge in [-0.25, -0.2) is 8.42 Å². The van der Waals surface area contributed by atoms with E-state index in [1.165, 1.54) is 27.8 Å². The number of hydrogen-bond acceptors (Lipinski definition) is 8. The smallest absolute Gasteiger partial charge is 0.217 e. The van der Waals surface area contributed by atoms with Crippen molar-refractivity contribution in [1.29, 1.82) is 0 Å². The second-order valence-electron chi connectivity index (χ2n) is 7.01. The topological polar surface area (TPSA) is 92.0 Å². The fraction of sp³-hybridized carbons (Fsp3) is 0.261. The maximum atomic E-state index is 9.45. The van der Waals surface area contributed by atoms with Gasteiger partial charge in [-0.3, -0.25) is 4.18 Å². The van der Waals surface area contributed by atoms with Crippen LogP contribution in [0, 0.1) is 0 Å². The van der Waals surface area contributed by atoms with E-state index in [1.54, 1.807) is 26.0 Å². The van der Waals surface area contributed by atoms with Crippen LogP contribution in [-0.4, -0.2) is 40.8 Å². The number of methoxy groups -OCH3 is 2. The maximum absolute atomic E-state index is 9.45. The number of pyridine rings is 1. The Kier molecular flexibility index (Phi) is 7.85. The number of benzene rings is 2. The lowest BCUT2D eigenvalue weighted by Gasteiger charge is -2.15. The molecule has 1 aliphatic rings. The zero-order valence-electron chi connectivity index (χ0n) is 19.1. The Morgan fingerprint density at radius 3 is 2.36 bits per heavy atom. The third kappa shape index (κ3) is 5.77. The predicted octanol–water partition coefficient (Wildman–Crippen LogP) is 3.71. The van der Waals surface area contributed by atoms with Crippen molar-refractivity contribution < 1.29 is 31.2 Å². The van der Waals surface area contributed by atoms with Crippen LogP contribution in [0.15, 0.2) is 58.5 Å². The van der Waals surface area contributed by atoms with Gasteiger partial charge in [-0.2, -0.15) is 4.57 Å². The quantitative estimate of drug-likeness (QED) is 0.304. The molecule has 3 aromatic rings. The fourth-order valence-electron chi connectivity index (χ4n) is 3.40. The highest BCUT2D eigenvalue weighted by Crippen LogP contribution is 2.49. The van der Waals surface area contributed by atoms with Crippen LogP contribution in [0.4, 0.5) is 5.69 Å². The first kappa shape index (κ1) is 24.8. The van der Waals surface area contributed by atoms with Gasteiger partial charge in [0.05, 0.1) is 31.5 Å². The van der Waals surface area contributed by atoms with E-state index in [0.29, 0.717) is 0 Å². The molecule has 0 amide bonds. The highest BCUT2D eigenvalue weighted by molar-refractivity contribution is 8.03. The summed E-state index contributed by atoms with van der Waals surface area (Å²) in [7, 11) is 3.09. The molecule has 8 nitrogen and oxygen atoms in total. The van der Waals surface area contributed by atoms with Crippen molar-refractivity contribution in [2.45, 2.75) is 11.8 Å². The number of thioether (sulfide) groups is 1. The highest BCUT2D eigenvalue weighted by atomic mass is 32.3. The molecule has 0 spiro atoms. The van der Waals surface area contributed by atoms with Gasteiger partial charge in [0.25, 0.3) is 0 Å². The molecular weight excluding hydrogens is 464 g/mol. The van der Waals surface area contributed by atoms with Crippen LogP contribution in [-0.2, 0) is 21.6 Å². The summed E-state index contributed by atoms with van der Waals surface area (Å²) in [5.74, 6) is 1.50. The summed E-state index contributed by atoms with van der Waals surface area (Å²) in [6, 6.07) is 16.8. The van der Waals surface area contributed by atoms with Crippen LogP contribution in [0.5, 0.6) is 11.5 Å². The summed E-state index contributed by atoms with van der Waals surface area (Å²) >= 11 is 1.74. The van der Waals surface area contributed by atoms with Crippen molar-refractivity contribution >= 4 is 44.8 Å². The molecule has 4 rings (SSSR count). The minimum absolute atomic E-state index is 0.0914. The molecule has 0 saturated heterocycles. The van der Waals surface area contributed by atoms with Gasteiger partial charge in [-0.15, -0.1) is 0 Å². The third-order valence-corrected chi connectivity index (χ3v) is 6.70. The van der Waals surface area contributed by atoms with E-state index in [1.807, 2.05) is 12.1 Å². The Morgan fingerprint density at radius 2 is 1.76 bits per heavy atom. The van der Waals surface area contributed by atoms with Crippen molar-refractivity contribution in [3.8, 4) is 11.5 Å². The van der Waals surface area contributed by atoms with Crippen LogP contribution in [0.2, 0.25) is 0 Å². The van der Waals surface area contributed by atoms with Crippen molar-refractivity contribution in [3.63, 3.8) is 0 Å². The van der Waals surface area contributed by atoms with Gasteiger partial charge in [0, 0.05) is 47.7 Å². The number of nitrogens with zero attached hydrogens (tertiary/aromatic N) is 2. The van der Waals surface area contributed by atoms with Gasteiger partial charge in [0.2, 0.25) is 21.6 Å². The zero-order valence-corrected chi connectivity index (χ0v) is 20.7. The summed E-state index contributed by atoms with van der Waals surface area (Å²) in [6.45, 7) is 1.33. The van der Waals surface area contributed by atoms with Crippen LogP contribution >= 0.6 is 11.8 Å². The molecule has 33 heavy (non-hydrogen) atoms. The molecule has 0 aliphatic carbocycles. The first-order valence-electron chi connectivity index (χ1n) is 10.1. The number of ether oxygens (including phenoxy) is 2. The summed E-state index contributed by atoms with van der Waals surface area (Å²) < 4.78 is 45.1. The summed E-state index contributed by atoms with van der Waals surface area (Å²) in [5.41, 5.74) is 3.50. The number of rotatable bonds is 5. The van der Waals surface area contributed by atoms with Gasteiger partial charge in [0.1, 0.15) is 7.05 Å². The molecular formula is C23H26N2O6S2. The van der Waals surface area contributed by atoms with Crippen molar-refractivity contribution in [2.24, 2.45) is 7.05 Å². The second-order valence-corrected chi connectivity index (χ2v) is 9.12. The van der Waals surface area contributed by atoms with E-state index < -0.39 is 10.4 Å². The van der Waals surface area contributed by atoms with Crippen LogP contribution < -0.4 is 18.9 Å². The van der Waals surface area contributed by atoms with E-state index in [9.17, 15) is 13.0 Å². The molecule has 0 radical (unpaired) electrons. The van der Waals surface area contributed by atoms with Crippen molar-refractivity contribution in [2.75, 3.05) is 32.8 Å². The van der Waals surface area contributed by atoms with E-state index in [2.05, 4.69) is 70.2 Å². The Balaban J connectivity index is 0.000000383. The third-order valence-electron chi connectivity index (χ3n) is 5.02. The van der Waals surface area contributed by atoms with Crippen molar-refractivity contribution in [3.05, 3.63) is 59.3 Å². The van der Waals surface area contributed by atoms with Crippen LogP contribution in [0.25, 0.3) is 17.0 Å². The van der Waals surface area contributed by atoms with Gasteiger partial charge >= 0.3 is 0 Å². The minimum atomic E-state index is -4.42. The lowest BCUT2D eigenvalue weighted by molar-refractivity contribution is -0.646. The average molecular weight is 491 g/mol. The lowest BCUT2D eigenvalue weighted by Crippen LogP contribution is -2.32. The Bertz CT molecular complexity index is 1290. The molecule has 2 heterocycles. The molecule has 10 heteroatoms. The molecule has 0 saturated carbocycles. The molecule has 1 aliphatic heterocycles. The van der Waals surface area contributed by atoms with E-state index in [-0.39, 0.29) is 6.61 Å². The molecule has 1 aromatic heterocycles. The maximum Gasteiger partial charge on any atom is 0.217 e. The van der Waals surface area contributed by atoms with Gasteiger partial charge in [-0.1, -0.05) is 23.9 Å². The van der Waals surface area contributed by atoms with E-state index >= 15 is 0 Å². The van der Waals surface area contributed by atoms with Gasteiger partial charge < -0.3 is 18.9 Å². The van der Waals surface area contributed by atoms with Crippen molar-refractivity contribution in [1.82, 2.24) is 0 Å². The Hall–Kier alpha value is -2.79. The predicted molar refractivity (Wildman–Crippen MR) is 128 cm³/mol. The summed E-state index contributed by atoms with van der Waals surface area (Å²) in [5, 5.41) is 2.41. The first-order valence-corrected chi connectivity index (χ1v) is 12.2. The number of para-hydroxylation sites is 1. The Labute approximate surface area is 198 Å². The van der Waals surface area contributed by atoms with Gasteiger partial charge in [-0.05, 0) is 19.1 Å². The Morgan fingerprint density at radius 1 is 1.09 bits per heavy atom. The fourth-order valence-corrected chi connectivity index (χ4v) is 4.79. The van der Waals surface area contributed by atoms with E-state index in [4.69, 9.17) is 9.47 Å². The number of aryl methyl sites for hydroxylation is 1. The van der Waals surface area contributed by atoms with Crippen LogP contribution in [0.3, 0.4) is 0 Å². The summed E-state index contributed by atoms with van der Waals surface area (Å²) in [4.78, 5) is 3.36. The molecule has 0 N–H and O–H groups in total. The van der Waals surface area contributed by atoms with Crippen LogP contribution in [0.1, 0.15) is 12.6 Å². The number of fused-ring (bicyclic) bond motifs is 2. The average Bonchev–Trinajstić information content (AvgIpc) is 3.08. The van der Waals surface area contributed by atoms with E-state index in [0.717, 1.165) is 22.9 Å². The summed E-state index contributed by atoms with van der Waals surface area (Å²) in [6.07, 6.45) is 2.22. The molecule has 0 fully saturated rings.